The summed E-state index contributed by atoms with van der Waals surface area (Å²) in [6, 6.07) is 13.3. The average molecular weight is 413 g/mol. The van der Waals surface area contributed by atoms with Crippen molar-refractivity contribution >= 4 is 23.4 Å². The lowest BCUT2D eigenvalue weighted by Gasteiger charge is -2.17. The number of carbonyl (C=O) groups excluding carboxylic acids is 1. The van der Waals surface area contributed by atoms with Gasteiger partial charge in [-0.25, -0.2) is 4.79 Å². The first-order chi connectivity index (χ1) is 14.1. The Hall–Kier alpha value is -2.30. The van der Waals surface area contributed by atoms with Gasteiger partial charge in [0.2, 0.25) is 0 Å². The molecule has 1 heterocycles. The molecule has 0 spiro atoms. The highest BCUT2D eigenvalue weighted by atomic mass is 35.5. The highest BCUT2D eigenvalue weighted by Gasteiger charge is 2.26. The number of hydrogen-bond acceptors (Lipinski definition) is 3. The Morgan fingerprint density at radius 3 is 2.76 bits per heavy atom. The van der Waals surface area contributed by atoms with Crippen molar-refractivity contribution in [1.82, 2.24) is 4.90 Å². The Balaban J connectivity index is 1.49. The van der Waals surface area contributed by atoms with Crippen LogP contribution in [0.25, 0.3) is 0 Å². The molecule has 2 aromatic rings. The minimum atomic E-state index is -0.345. The van der Waals surface area contributed by atoms with Crippen molar-refractivity contribution in [2.75, 3.05) is 31.6 Å². The molecule has 1 aliphatic heterocycles. The zero-order valence-electron chi connectivity index (χ0n) is 17.1. The van der Waals surface area contributed by atoms with E-state index in [2.05, 4.69) is 36.7 Å². The van der Waals surface area contributed by atoms with E-state index in [4.69, 9.17) is 16.3 Å². The summed E-state index contributed by atoms with van der Waals surface area (Å²) in [6.45, 7) is 6.49. The van der Waals surface area contributed by atoms with Gasteiger partial charge in [0.15, 0.2) is 0 Å². The van der Waals surface area contributed by atoms with Crippen LogP contribution in [0.15, 0.2) is 55.1 Å². The smallest absolute Gasteiger partial charge is 0.410 e. The monoisotopic (exact) mass is 412 g/mol. The molecule has 154 valence electrons. The maximum absolute atomic E-state index is 12.6. The SMILES string of the molecule is C=CCN(C)CCCCCc1ccc2c(c1)CCN2C(=O)Oc1ccc(Cl)cc1. The lowest BCUT2D eigenvalue weighted by Crippen LogP contribution is -2.31. The third-order valence-corrected chi connectivity index (χ3v) is 5.48. The fourth-order valence-corrected chi connectivity index (χ4v) is 3.78. The minimum Gasteiger partial charge on any atom is -0.410 e. The van der Waals surface area contributed by atoms with Gasteiger partial charge in [0.1, 0.15) is 5.75 Å². The van der Waals surface area contributed by atoms with E-state index < -0.39 is 0 Å². The van der Waals surface area contributed by atoms with Crippen LogP contribution < -0.4 is 9.64 Å². The van der Waals surface area contributed by atoms with Crippen LogP contribution in [0.5, 0.6) is 5.75 Å². The molecule has 0 aromatic heterocycles. The first-order valence-electron chi connectivity index (χ1n) is 10.2. The highest BCUT2D eigenvalue weighted by molar-refractivity contribution is 6.30. The van der Waals surface area contributed by atoms with Gasteiger partial charge in [-0.05, 0) is 80.7 Å². The summed E-state index contributed by atoms with van der Waals surface area (Å²) in [5.41, 5.74) is 3.52. The predicted octanol–water partition coefficient (Wildman–Crippen LogP) is 5.73. The van der Waals surface area contributed by atoms with Gasteiger partial charge in [-0.3, -0.25) is 4.90 Å². The maximum atomic E-state index is 12.6. The second-order valence-corrected chi connectivity index (χ2v) is 7.98. The van der Waals surface area contributed by atoms with Gasteiger partial charge in [0, 0.05) is 18.1 Å². The number of aryl methyl sites for hydroxylation is 1. The number of nitrogens with zero attached hydrogens (tertiary/aromatic N) is 2. The molecule has 0 fully saturated rings. The van der Waals surface area contributed by atoms with Gasteiger partial charge in [0.25, 0.3) is 0 Å². The third kappa shape index (κ3) is 6.09. The van der Waals surface area contributed by atoms with E-state index in [0.717, 1.165) is 31.6 Å². The number of hydrogen-bond donors (Lipinski definition) is 0. The number of benzene rings is 2. The molecule has 2 aromatic carbocycles. The number of fused-ring (bicyclic) bond motifs is 1. The molecule has 0 saturated carbocycles. The lowest BCUT2D eigenvalue weighted by atomic mass is 10.0. The summed E-state index contributed by atoms with van der Waals surface area (Å²) in [5.74, 6) is 0.503. The number of likely N-dealkylation sites (N-methyl/N-ethyl adjacent to an activating group) is 1. The van der Waals surface area contributed by atoms with E-state index in [-0.39, 0.29) is 6.09 Å². The van der Waals surface area contributed by atoms with E-state index in [9.17, 15) is 4.79 Å². The Bertz CT molecular complexity index is 835. The van der Waals surface area contributed by atoms with Crippen LogP contribution in [0.4, 0.5) is 10.5 Å². The maximum Gasteiger partial charge on any atom is 0.419 e. The number of unbranched alkanes of at least 4 members (excludes halogenated alkanes) is 2. The minimum absolute atomic E-state index is 0.345. The molecule has 0 unspecified atom stereocenters. The van der Waals surface area contributed by atoms with E-state index >= 15 is 0 Å². The van der Waals surface area contributed by atoms with Gasteiger partial charge in [-0.2, -0.15) is 0 Å². The topological polar surface area (TPSA) is 32.8 Å². The van der Waals surface area contributed by atoms with Crippen LogP contribution in [-0.2, 0) is 12.8 Å². The molecule has 0 saturated heterocycles. The molecule has 3 rings (SSSR count). The summed E-state index contributed by atoms with van der Waals surface area (Å²) in [6.07, 6.45) is 7.15. The number of halogens is 1. The van der Waals surface area contributed by atoms with Crippen molar-refractivity contribution in [3.8, 4) is 5.75 Å². The molecule has 0 N–H and O–H groups in total. The van der Waals surface area contributed by atoms with Crippen LogP contribution >= 0.6 is 11.6 Å². The quantitative estimate of drug-likeness (QED) is 0.389. The largest absolute Gasteiger partial charge is 0.419 e. The Morgan fingerprint density at radius 1 is 1.21 bits per heavy atom. The molecule has 0 radical (unpaired) electrons. The average Bonchev–Trinajstić information content (AvgIpc) is 3.13. The second-order valence-electron chi connectivity index (χ2n) is 7.55. The number of ether oxygens (including phenoxy) is 1. The fraction of sp³-hybridized carbons (Fsp3) is 0.375. The highest BCUT2D eigenvalue weighted by Crippen LogP contribution is 2.30. The zero-order valence-corrected chi connectivity index (χ0v) is 17.8. The molecule has 1 aliphatic rings. The van der Waals surface area contributed by atoms with Crippen molar-refractivity contribution in [3.63, 3.8) is 0 Å². The summed E-state index contributed by atoms with van der Waals surface area (Å²) in [7, 11) is 2.13. The van der Waals surface area contributed by atoms with Crippen molar-refractivity contribution in [2.45, 2.75) is 32.1 Å². The van der Waals surface area contributed by atoms with Crippen LogP contribution in [0.3, 0.4) is 0 Å². The molecular formula is C24H29ClN2O2. The molecule has 29 heavy (non-hydrogen) atoms. The van der Waals surface area contributed by atoms with Crippen molar-refractivity contribution in [3.05, 3.63) is 71.3 Å². The van der Waals surface area contributed by atoms with Crippen LogP contribution in [0, 0.1) is 0 Å². The first kappa shape index (κ1) is 21.4. The summed E-state index contributed by atoms with van der Waals surface area (Å²) in [5, 5.41) is 0.618. The van der Waals surface area contributed by atoms with Crippen LogP contribution in [0.1, 0.15) is 30.4 Å². The standard InChI is InChI=1S/C24H29ClN2O2/c1-3-15-26(2)16-6-4-5-7-19-8-13-23-20(18-19)14-17-27(23)24(28)29-22-11-9-21(25)10-12-22/h3,8-13,18H,1,4-7,14-17H2,2H3. The van der Waals surface area contributed by atoms with Gasteiger partial charge >= 0.3 is 6.09 Å². The van der Waals surface area contributed by atoms with Crippen LogP contribution in [0.2, 0.25) is 5.02 Å². The molecule has 5 heteroatoms. The summed E-state index contributed by atoms with van der Waals surface area (Å²) >= 11 is 5.88. The fourth-order valence-electron chi connectivity index (χ4n) is 3.66. The Morgan fingerprint density at radius 2 is 2.00 bits per heavy atom. The second kappa shape index (κ2) is 10.5. The van der Waals surface area contributed by atoms with Gasteiger partial charge in [-0.15, -0.1) is 6.58 Å². The molecule has 4 nitrogen and oxygen atoms in total. The van der Waals surface area contributed by atoms with E-state index in [1.807, 2.05) is 6.08 Å². The number of anilines is 1. The number of rotatable bonds is 9. The van der Waals surface area contributed by atoms with E-state index in [1.54, 1.807) is 29.2 Å². The Kier molecular flexibility index (Phi) is 7.73. The molecule has 0 bridgehead atoms. The zero-order chi connectivity index (χ0) is 20.6. The number of carbonyl (C=O) groups is 1. The van der Waals surface area contributed by atoms with Gasteiger partial charge in [-0.1, -0.05) is 36.2 Å². The molecule has 1 amide bonds. The molecule has 0 atom stereocenters. The van der Waals surface area contributed by atoms with Crippen molar-refractivity contribution in [1.29, 1.82) is 0 Å². The normalized spacial score (nSPS) is 12.9. The van der Waals surface area contributed by atoms with Crippen LogP contribution in [-0.4, -0.2) is 37.7 Å². The van der Waals surface area contributed by atoms with Crippen molar-refractivity contribution < 1.29 is 9.53 Å². The predicted molar refractivity (Wildman–Crippen MR) is 120 cm³/mol. The van der Waals surface area contributed by atoms with E-state index in [0.29, 0.717) is 17.3 Å². The number of amides is 1. The lowest BCUT2D eigenvalue weighted by molar-refractivity contribution is 0.208. The summed E-state index contributed by atoms with van der Waals surface area (Å²) in [4.78, 5) is 16.6. The first-order valence-corrected chi connectivity index (χ1v) is 10.6. The summed E-state index contributed by atoms with van der Waals surface area (Å²) < 4.78 is 5.49. The van der Waals surface area contributed by atoms with Gasteiger partial charge in [0.05, 0.1) is 5.69 Å². The third-order valence-electron chi connectivity index (χ3n) is 5.22. The Labute approximate surface area is 178 Å². The molecule has 0 aliphatic carbocycles. The van der Waals surface area contributed by atoms with E-state index in [1.165, 1.54) is 30.4 Å². The van der Waals surface area contributed by atoms with Crippen molar-refractivity contribution in [2.24, 2.45) is 0 Å². The van der Waals surface area contributed by atoms with Gasteiger partial charge < -0.3 is 9.64 Å². The molecular weight excluding hydrogens is 384 g/mol.